The molecule has 0 atom stereocenters. The van der Waals surface area contributed by atoms with Gasteiger partial charge in [0, 0.05) is 0 Å². The van der Waals surface area contributed by atoms with Crippen molar-refractivity contribution in [3.05, 3.63) is 12.7 Å². The summed E-state index contributed by atoms with van der Waals surface area (Å²) in [4.78, 5) is 10.6. The van der Waals surface area contributed by atoms with Crippen molar-refractivity contribution >= 4 is 5.78 Å². The highest BCUT2D eigenvalue weighted by Gasteiger charge is 2.18. The van der Waals surface area contributed by atoms with E-state index in [9.17, 15) is 4.79 Å². The summed E-state index contributed by atoms with van der Waals surface area (Å²) in [6, 6.07) is 0. The van der Waals surface area contributed by atoms with Crippen molar-refractivity contribution in [2.75, 3.05) is 19.8 Å². The van der Waals surface area contributed by atoms with Crippen molar-refractivity contribution in [2.45, 2.75) is 6.10 Å². The van der Waals surface area contributed by atoms with Crippen molar-refractivity contribution in [3.63, 3.8) is 0 Å². The van der Waals surface area contributed by atoms with Crippen LogP contribution in [0.15, 0.2) is 12.7 Å². The molecule has 0 saturated carbocycles. The minimum Gasteiger partial charge on any atom is -0.376 e. The molecule has 1 rings (SSSR count). The first kappa shape index (κ1) is 7.44. The van der Waals surface area contributed by atoms with Crippen molar-refractivity contribution < 1.29 is 14.3 Å². The highest BCUT2D eigenvalue weighted by molar-refractivity contribution is 5.90. The number of ketones is 1. The Morgan fingerprint density at radius 1 is 1.80 bits per heavy atom. The molecule has 1 aliphatic rings. The van der Waals surface area contributed by atoms with Crippen molar-refractivity contribution in [3.8, 4) is 0 Å². The highest BCUT2D eigenvalue weighted by Crippen LogP contribution is 2.04. The normalized spacial score (nSPS) is 18.0. The Labute approximate surface area is 59.6 Å². The van der Waals surface area contributed by atoms with Gasteiger partial charge in [-0.3, -0.25) is 4.79 Å². The molecule has 3 heteroatoms. The fourth-order valence-electron chi connectivity index (χ4n) is 0.569. The Morgan fingerprint density at radius 3 is 2.90 bits per heavy atom. The van der Waals surface area contributed by atoms with Crippen LogP contribution in [0.25, 0.3) is 0 Å². The number of carbonyl (C=O) groups is 1. The van der Waals surface area contributed by atoms with Crippen LogP contribution in [-0.4, -0.2) is 31.7 Å². The molecule has 0 radical (unpaired) electrons. The van der Waals surface area contributed by atoms with Crippen LogP contribution in [0.5, 0.6) is 0 Å². The van der Waals surface area contributed by atoms with Crippen molar-refractivity contribution in [1.29, 1.82) is 0 Å². The van der Waals surface area contributed by atoms with E-state index in [2.05, 4.69) is 6.58 Å². The highest BCUT2D eigenvalue weighted by atomic mass is 16.6. The maximum atomic E-state index is 10.6. The van der Waals surface area contributed by atoms with Crippen LogP contribution in [0.1, 0.15) is 0 Å². The van der Waals surface area contributed by atoms with Gasteiger partial charge in [-0.2, -0.15) is 0 Å². The van der Waals surface area contributed by atoms with Crippen LogP contribution in [0.4, 0.5) is 0 Å². The summed E-state index contributed by atoms with van der Waals surface area (Å²) in [5, 5.41) is 0. The van der Waals surface area contributed by atoms with Crippen LogP contribution >= 0.6 is 0 Å². The smallest absolute Gasteiger partial charge is 0.180 e. The molecule has 0 aromatic carbocycles. The molecule has 1 heterocycles. The maximum Gasteiger partial charge on any atom is 0.180 e. The van der Waals surface area contributed by atoms with Gasteiger partial charge in [0.05, 0.1) is 13.2 Å². The van der Waals surface area contributed by atoms with Gasteiger partial charge in [-0.05, 0) is 6.08 Å². The van der Waals surface area contributed by atoms with Crippen molar-refractivity contribution in [1.82, 2.24) is 0 Å². The first-order valence-electron chi connectivity index (χ1n) is 3.17. The van der Waals surface area contributed by atoms with E-state index in [0.717, 1.165) is 0 Å². The Hall–Kier alpha value is -0.670. The Balaban J connectivity index is 2.03. The summed E-state index contributed by atoms with van der Waals surface area (Å²) >= 11 is 0. The topological polar surface area (TPSA) is 35.5 Å². The molecule has 1 aliphatic heterocycles. The van der Waals surface area contributed by atoms with E-state index in [1.54, 1.807) is 0 Å². The van der Waals surface area contributed by atoms with Gasteiger partial charge in [0.2, 0.25) is 0 Å². The first-order chi connectivity index (χ1) is 4.83. The lowest BCUT2D eigenvalue weighted by atomic mass is 10.3. The van der Waals surface area contributed by atoms with Gasteiger partial charge in [0.25, 0.3) is 0 Å². The summed E-state index contributed by atoms with van der Waals surface area (Å²) in [7, 11) is 0. The quantitative estimate of drug-likeness (QED) is 0.524. The molecule has 56 valence electrons. The average molecular weight is 142 g/mol. The third kappa shape index (κ3) is 1.93. The second-order valence-electron chi connectivity index (χ2n) is 2.14. The second-order valence-corrected chi connectivity index (χ2v) is 2.14. The zero-order valence-electron chi connectivity index (χ0n) is 5.71. The van der Waals surface area contributed by atoms with Crippen LogP contribution in [-0.2, 0) is 14.3 Å². The summed E-state index contributed by atoms with van der Waals surface area (Å²) in [5.41, 5.74) is 0. The fourth-order valence-corrected chi connectivity index (χ4v) is 0.569. The van der Waals surface area contributed by atoms with E-state index in [0.29, 0.717) is 13.2 Å². The average Bonchev–Trinajstić information content (AvgIpc) is 1.84. The van der Waals surface area contributed by atoms with E-state index in [1.165, 1.54) is 6.08 Å². The van der Waals surface area contributed by atoms with Crippen LogP contribution in [0.2, 0.25) is 0 Å². The minimum atomic E-state index is -0.0769. The Morgan fingerprint density at radius 2 is 2.50 bits per heavy atom. The Bertz CT molecular complexity index is 138. The predicted octanol–water partition coefficient (Wildman–Crippen LogP) is 0.157. The van der Waals surface area contributed by atoms with Crippen LogP contribution in [0, 0.1) is 0 Å². The van der Waals surface area contributed by atoms with Crippen molar-refractivity contribution in [2.24, 2.45) is 0 Å². The molecular formula is C7H10O3. The molecule has 0 amide bonds. The van der Waals surface area contributed by atoms with Crippen LogP contribution in [0.3, 0.4) is 0 Å². The summed E-state index contributed by atoms with van der Waals surface area (Å²) in [5.74, 6) is -0.0769. The van der Waals surface area contributed by atoms with E-state index >= 15 is 0 Å². The number of hydrogen-bond donors (Lipinski definition) is 0. The molecule has 0 aromatic heterocycles. The van der Waals surface area contributed by atoms with Gasteiger partial charge in [-0.1, -0.05) is 6.58 Å². The molecule has 3 nitrogen and oxygen atoms in total. The lowest BCUT2D eigenvalue weighted by molar-refractivity contribution is -0.143. The predicted molar refractivity (Wildman–Crippen MR) is 35.8 cm³/mol. The SMILES string of the molecule is C=CC(=O)COC1COC1. The first-order valence-corrected chi connectivity index (χ1v) is 3.17. The maximum absolute atomic E-state index is 10.6. The summed E-state index contributed by atoms with van der Waals surface area (Å²) < 4.78 is 9.92. The monoisotopic (exact) mass is 142 g/mol. The van der Waals surface area contributed by atoms with Gasteiger partial charge in [-0.25, -0.2) is 0 Å². The number of ether oxygens (including phenoxy) is 2. The molecule has 0 aromatic rings. The molecule has 0 N–H and O–H groups in total. The van der Waals surface area contributed by atoms with Gasteiger partial charge in [0.1, 0.15) is 12.7 Å². The Kier molecular flexibility index (Phi) is 2.59. The summed E-state index contributed by atoms with van der Waals surface area (Å²) in [6.45, 7) is 4.69. The largest absolute Gasteiger partial charge is 0.376 e. The lowest BCUT2D eigenvalue weighted by Gasteiger charge is -2.25. The van der Waals surface area contributed by atoms with E-state index in [-0.39, 0.29) is 18.5 Å². The van der Waals surface area contributed by atoms with E-state index in [4.69, 9.17) is 9.47 Å². The van der Waals surface area contributed by atoms with Gasteiger partial charge in [0.15, 0.2) is 5.78 Å². The zero-order valence-corrected chi connectivity index (χ0v) is 5.71. The van der Waals surface area contributed by atoms with Gasteiger partial charge >= 0.3 is 0 Å². The van der Waals surface area contributed by atoms with Gasteiger partial charge < -0.3 is 9.47 Å². The molecule has 0 spiro atoms. The molecule has 0 aliphatic carbocycles. The number of carbonyl (C=O) groups excluding carboxylic acids is 1. The fraction of sp³-hybridized carbons (Fsp3) is 0.571. The minimum absolute atomic E-state index is 0.0769. The standard InChI is InChI=1S/C7H10O3/c1-2-6(8)3-10-7-4-9-5-7/h2,7H,1,3-5H2. The molecule has 1 fully saturated rings. The molecular weight excluding hydrogens is 132 g/mol. The number of hydrogen-bond acceptors (Lipinski definition) is 3. The van der Waals surface area contributed by atoms with E-state index in [1.807, 2.05) is 0 Å². The zero-order chi connectivity index (χ0) is 7.40. The molecule has 1 saturated heterocycles. The van der Waals surface area contributed by atoms with E-state index < -0.39 is 0 Å². The second kappa shape index (κ2) is 3.49. The molecule has 0 unspecified atom stereocenters. The third-order valence-corrected chi connectivity index (χ3v) is 1.30. The molecule has 10 heavy (non-hydrogen) atoms. The molecule has 0 bridgehead atoms. The lowest BCUT2D eigenvalue weighted by Crippen LogP contribution is -2.37. The summed E-state index contributed by atoms with van der Waals surface area (Å²) in [6.07, 6.45) is 1.39. The van der Waals surface area contributed by atoms with Crippen LogP contribution < -0.4 is 0 Å². The number of rotatable bonds is 4. The van der Waals surface area contributed by atoms with Gasteiger partial charge in [-0.15, -0.1) is 0 Å². The third-order valence-electron chi connectivity index (χ3n) is 1.30.